The summed E-state index contributed by atoms with van der Waals surface area (Å²) in [4.78, 5) is 0. The molecule has 2 aromatic carbocycles. The fourth-order valence-electron chi connectivity index (χ4n) is 1.85. The largest absolute Gasteiger partial charge is 0.508 e. The van der Waals surface area contributed by atoms with Crippen molar-refractivity contribution in [2.75, 3.05) is 5.32 Å². The fraction of sp³-hybridized carbons (Fsp3) is 0.133. The van der Waals surface area contributed by atoms with Gasteiger partial charge in [-0.15, -0.1) is 0 Å². The van der Waals surface area contributed by atoms with E-state index < -0.39 is 0 Å². The standard InChI is InChI=1S/C15H13BrN2O/c1-10(11-3-2-4-14(19)8-11)18-15-6-5-13(16)7-12(15)9-17/h2-8,10,18-19H,1H3. The Kier molecular flexibility index (Phi) is 4.08. The normalized spacial score (nSPS) is 11.6. The molecule has 0 aliphatic rings. The molecular weight excluding hydrogens is 304 g/mol. The van der Waals surface area contributed by atoms with Gasteiger partial charge in [-0.3, -0.25) is 0 Å². The van der Waals surface area contributed by atoms with Gasteiger partial charge in [-0.1, -0.05) is 28.1 Å². The second-order valence-corrected chi connectivity index (χ2v) is 5.18. The monoisotopic (exact) mass is 316 g/mol. The Morgan fingerprint density at radius 3 is 2.74 bits per heavy atom. The maximum Gasteiger partial charge on any atom is 0.115 e. The molecule has 0 aromatic heterocycles. The average Bonchev–Trinajstić information content (AvgIpc) is 2.40. The molecule has 0 spiro atoms. The number of anilines is 1. The van der Waals surface area contributed by atoms with Crippen molar-refractivity contribution < 1.29 is 5.11 Å². The summed E-state index contributed by atoms with van der Waals surface area (Å²) in [5.41, 5.74) is 2.33. The number of hydrogen-bond donors (Lipinski definition) is 2. The maximum absolute atomic E-state index is 9.48. The molecule has 2 rings (SSSR count). The molecule has 0 amide bonds. The van der Waals surface area contributed by atoms with Crippen LogP contribution in [0, 0.1) is 11.3 Å². The molecule has 19 heavy (non-hydrogen) atoms. The zero-order valence-electron chi connectivity index (χ0n) is 10.4. The zero-order chi connectivity index (χ0) is 13.8. The predicted molar refractivity (Wildman–Crippen MR) is 79.0 cm³/mol. The van der Waals surface area contributed by atoms with E-state index in [1.807, 2.05) is 25.1 Å². The number of aromatic hydroxyl groups is 1. The smallest absolute Gasteiger partial charge is 0.115 e. The van der Waals surface area contributed by atoms with Crippen molar-refractivity contribution in [2.24, 2.45) is 0 Å². The van der Waals surface area contributed by atoms with Crippen LogP contribution in [0.2, 0.25) is 0 Å². The number of benzene rings is 2. The molecule has 4 heteroatoms. The first-order valence-electron chi connectivity index (χ1n) is 5.85. The van der Waals surface area contributed by atoms with Gasteiger partial charge < -0.3 is 10.4 Å². The Morgan fingerprint density at radius 1 is 1.26 bits per heavy atom. The first kappa shape index (κ1) is 13.4. The van der Waals surface area contributed by atoms with Gasteiger partial charge >= 0.3 is 0 Å². The number of hydrogen-bond acceptors (Lipinski definition) is 3. The predicted octanol–water partition coefficient (Wildman–Crippen LogP) is 4.20. The van der Waals surface area contributed by atoms with Crippen molar-refractivity contribution in [3.8, 4) is 11.8 Å². The Bertz CT molecular complexity index is 634. The third kappa shape index (κ3) is 3.27. The van der Waals surface area contributed by atoms with Crippen molar-refractivity contribution in [1.29, 1.82) is 5.26 Å². The molecule has 96 valence electrons. The molecule has 3 nitrogen and oxygen atoms in total. The van der Waals surface area contributed by atoms with Crippen LogP contribution in [-0.4, -0.2) is 5.11 Å². The molecule has 0 fully saturated rings. The molecular formula is C15H13BrN2O. The minimum absolute atomic E-state index is 0.000348. The topological polar surface area (TPSA) is 56.0 Å². The van der Waals surface area contributed by atoms with Crippen LogP contribution in [0.4, 0.5) is 5.69 Å². The summed E-state index contributed by atoms with van der Waals surface area (Å²) in [5.74, 6) is 0.238. The third-order valence-electron chi connectivity index (χ3n) is 2.84. The van der Waals surface area contributed by atoms with Gasteiger partial charge in [-0.05, 0) is 42.8 Å². The molecule has 1 atom stereocenters. The SMILES string of the molecule is CC(Nc1ccc(Br)cc1C#N)c1cccc(O)c1. The zero-order valence-corrected chi connectivity index (χ0v) is 12.0. The quantitative estimate of drug-likeness (QED) is 0.892. The molecule has 0 saturated carbocycles. The van der Waals surface area contributed by atoms with Crippen molar-refractivity contribution in [3.63, 3.8) is 0 Å². The van der Waals surface area contributed by atoms with Crippen LogP contribution in [0.3, 0.4) is 0 Å². The van der Waals surface area contributed by atoms with E-state index in [4.69, 9.17) is 5.26 Å². The molecule has 2 aromatic rings. The minimum atomic E-state index is 0.000348. The molecule has 0 bridgehead atoms. The summed E-state index contributed by atoms with van der Waals surface area (Å²) in [6.45, 7) is 1.98. The Labute approximate surface area is 120 Å². The highest BCUT2D eigenvalue weighted by atomic mass is 79.9. The Balaban J connectivity index is 2.24. The van der Waals surface area contributed by atoms with Crippen LogP contribution >= 0.6 is 15.9 Å². The van der Waals surface area contributed by atoms with E-state index in [0.717, 1.165) is 15.7 Å². The molecule has 0 radical (unpaired) electrons. The molecule has 1 unspecified atom stereocenters. The van der Waals surface area contributed by atoms with Crippen molar-refractivity contribution in [2.45, 2.75) is 13.0 Å². The number of nitrogens with zero attached hydrogens (tertiary/aromatic N) is 1. The lowest BCUT2D eigenvalue weighted by atomic mass is 10.1. The van der Waals surface area contributed by atoms with E-state index in [0.29, 0.717) is 5.56 Å². The Hall–Kier alpha value is -1.99. The number of halogens is 1. The van der Waals surface area contributed by atoms with Crippen molar-refractivity contribution >= 4 is 21.6 Å². The molecule has 0 heterocycles. The Morgan fingerprint density at radius 2 is 2.05 bits per heavy atom. The highest BCUT2D eigenvalue weighted by Gasteiger charge is 2.09. The summed E-state index contributed by atoms with van der Waals surface area (Å²) in [5, 5.41) is 21.9. The van der Waals surface area contributed by atoms with E-state index >= 15 is 0 Å². The van der Waals surface area contributed by atoms with E-state index in [1.54, 1.807) is 24.3 Å². The number of phenolic OH excluding ortho intramolecular Hbond substituents is 1. The van der Waals surface area contributed by atoms with Crippen LogP contribution in [0.1, 0.15) is 24.1 Å². The van der Waals surface area contributed by atoms with Gasteiger partial charge in [0.15, 0.2) is 0 Å². The minimum Gasteiger partial charge on any atom is -0.508 e. The summed E-state index contributed by atoms with van der Waals surface area (Å²) in [6, 6.07) is 14.8. The van der Waals surface area contributed by atoms with Gasteiger partial charge in [0.05, 0.1) is 11.3 Å². The second kappa shape index (κ2) is 5.77. The first-order valence-corrected chi connectivity index (χ1v) is 6.64. The lowest BCUT2D eigenvalue weighted by molar-refractivity contribution is 0.474. The lowest BCUT2D eigenvalue weighted by Crippen LogP contribution is -2.07. The first-order chi connectivity index (χ1) is 9.10. The molecule has 0 aliphatic heterocycles. The van der Waals surface area contributed by atoms with Gasteiger partial charge in [0.25, 0.3) is 0 Å². The second-order valence-electron chi connectivity index (χ2n) is 4.26. The number of rotatable bonds is 3. The van der Waals surface area contributed by atoms with Crippen molar-refractivity contribution in [3.05, 3.63) is 58.1 Å². The van der Waals surface area contributed by atoms with Crippen LogP contribution in [0.15, 0.2) is 46.9 Å². The number of phenols is 1. The van der Waals surface area contributed by atoms with Crippen LogP contribution in [-0.2, 0) is 0 Å². The highest BCUT2D eigenvalue weighted by Crippen LogP contribution is 2.26. The fourth-order valence-corrected chi connectivity index (χ4v) is 2.21. The molecule has 2 N–H and O–H groups in total. The lowest BCUT2D eigenvalue weighted by Gasteiger charge is -2.17. The summed E-state index contributed by atoms with van der Waals surface area (Å²) in [7, 11) is 0. The van der Waals surface area contributed by atoms with Gasteiger partial charge in [-0.25, -0.2) is 0 Å². The summed E-state index contributed by atoms with van der Waals surface area (Å²) in [6.07, 6.45) is 0. The van der Waals surface area contributed by atoms with Gasteiger partial charge in [0, 0.05) is 10.5 Å². The van der Waals surface area contributed by atoms with Crippen LogP contribution < -0.4 is 5.32 Å². The van der Waals surface area contributed by atoms with Gasteiger partial charge in [0.1, 0.15) is 11.8 Å². The van der Waals surface area contributed by atoms with E-state index in [1.165, 1.54) is 0 Å². The van der Waals surface area contributed by atoms with E-state index in [9.17, 15) is 5.11 Å². The molecule has 0 aliphatic carbocycles. The maximum atomic E-state index is 9.48. The molecule has 0 saturated heterocycles. The summed E-state index contributed by atoms with van der Waals surface area (Å²) >= 11 is 3.35. The van der Waals surface area contributed by atoms with E-state index in [-0.39, 0.29) is 11.8 Å². The van der Waals surface area contributed by atoms with Crippen LogP contribution in [0.5, 0.6) is 5.75 Å². The summed E-state index contributed by atoms with van der Waals surface area (Å²) < 4.78 is 0.875. The number of nitrogens with one attached hydrogen (secondary N) is 1. The van der Waals surface area contributed by atoms with Crippen LogP contribution in [0.25, 0.3) is 0 Å². The highest BCUT2D eigenvalue weighted by molar-refractivity contribution is 9.10. The third-order valence-corrected chi connectivity index (χ3v) is 3.34. The average molecular weight is 317 g/mol. The van der Waals surface area contributed by atoms with Gasteiger partial charge in [-0.2, -0.15) is 5.26 Å². The van der Waals surface area contributed by atoms with Gasteiger partial charge in [0.2, 0.25) is 0 Å². The number of nitriles is 1. The van der Waals surface area contributed by atoms with E-state index in [2.05, 4.69) is 27.3 Å². The van der Waals surface area contributed by atoms with Crippen molar-refractivity contribution in [1.82, 2.24) is 0 Å².